The van der Waals surface area contributed by atoms with Gasteiger partial charge in [-0.25, -0.2) is 0 Å². The maximum Gasteiger partial charge on any atom is 0.119 e. The SMILES string of the molecule is CCCCOc1cccc(CNCCCO)c1. The average Bonchev–Trinajstić information content (AvgIpc) is 2.36. The van der Waals surface area contributed by atoms with E-state index in [0.717, 1.165) is 44.7 Å². The maximum atomic E-state index is 8.67. The molecule has 0 aromatic heterocycles. The summed E-state index contributed by atoms with van der Waals surface area (Å²) >= 11 is 0. The van der Waals surface area contributed by atoms with Crippen LogP contribution in [0, 0.1) is 0 Å². The predicted octanol–water partition coefficient (Wildman–Crippen LogP) is 2.34. The molecule has 0 bridgehead atoms. The van der Waals surface area contributed by atoms with Gasteiger partial charge in [0, 0.05) is 13.2 Å². The molecule has 96 valence electrons. The normalized spacial score (nSPS) is 10.5. The van der Waals surface area contributed by atoms with Gasteiger partial charge in [-0.1, -0.05) is 25.5 Å². The predicted molar refractivity (Wildman–Crippen MR) is 70.3 cm³/mol. The van der Waals surface area contributed by atoms with Crippen molar-refractivity contribution in [3.8, 4) is 5.75 Å². The van der Waals surface area contributed by atoms with E-state index in [9.17, 15) is 0 Å². The summed E-state index contributed by atoms with van der Waals surface area (Å²) in [5.74, 6) is 0.944. The molecule has 0 saturated carbocycles. The molecule has 0 amide bonds. The van der Waals surface area contributed by atoms with Crippen LogP contribution in [0.25, 0.3) is 0 Å². The summed E-state index contributed by atoms with van der Waals surface area (Å²) in [4.78, 5) is 0. The number of hydrogen-bond donors (Lipinski definition) is 2. The topological polar surface area (TPSA) is 41.5 Å². The molecule has 2 N–H and O–H groups in total. The van der Waals surface area contributed by atoms with Crippen LogP contribution in [0.1, 0.15) is 31.7 Å². The van der Waals surface area contributed by atoms with Crippen molar-refractivity contribution in [2.75, 3.05) is 19.8 Å². The number of unbranched alkanes of at least 4 members (excludes halogenated alkanes) is 1. The molecule has 0 spiro atoms. The highest BCUT2D eigenvalue weighted by Crippen LogP contribution is 2.13. The van der Waals surface area contributed by atoms with Gasteiger partial charge in [-0.05, 0) is 37.1 Å². The summed E-state index contributed by atoms with van der Waals surface area (Å²) in [6.45, 7) is 4.86. The minimum Gasteiger partial charge on any atom is -0.494 e. The fourth-order valence-corrected chi connectivity index (χ4v) is 1.52. The van der Waals surface area contributed by atoms with E-state index in [2.05, 4.69) is 24.4 Å². The molecule has 3 nitrogen and oxygen atoms in total. The van der Waals surface area contributed by atoms with E-state index in [4.69, 9.17) is 9.84 Å². The van der Waals surface area contributed by atoms with Gasteiger partial charge in [0.25, 0.3) is 0 Å². The van der Waals surface area contributed by atoms with Crippen molar-refractivity contribution in [2.24, 2.45) is 0 Å². The van der Waals surface area contributed by atoms with E-state index in [1.54, 1.807) is 0 Å². The second-order valence-electron chi connectivity index (χ2n) is 4.10. The van der Waals surface area contributed by atoms with Gasteiger partial charge in [0.15, 0.2) is 0 Å². The standard InChI is InChI=1S/C14H23NO2/c1-2-3-10-17-14-7-4-6-13(11-14)12-15-8-5-9-16/h4,6-7,11,15-16H,2-3,5,8-10,12H2,1H3. The molecule has 0 aliphatic carbocycles. The zero-order chi connectivity index (χ0) is 12.3. The Balaban J connectivity index is 2.31. The molecule has 0 fully saturated rings. The lowest BCUT2D eigenvalue weighted by atomic mass is 10.2. The minimum absolute atomic E-state index is 0.243. The number of benzene rings is 1. The van der Waals surface area contributed by atoms with Gasteiger partial charge < -0.3 is 15.2 Å². The van der Waals surface area contributed by atoms with Gasteiger partial charge in [-0.3, -0.25) is 0 Å². The highest BCUT2D eigenvalue weighted by atomic mass is 16.5. The van der Waals surface area contributed by atoms with Gasteiger partial charge in [0.05, 0.1) is 6.61 Å². The summed E-state index contributed by atoms with van der Waals surface area (Å²) in [5.41, 5.74) is 1.22. The van der Waals surface area contributed by atoms with Crippen LogP contribution >= 0.6 is 0 Å². The maximum absolute atomic E-state index is 8.67. The van der Waals surface area contributed by atoms with Crippen molar-refractivity contribution < 1.29 is 9.84 Å². The third-order valence-corrected chi connectivity index (χ3v) is 2.51. The van der Waals surface area contributed by atoms with E-state index in [1.165, 1.54) is 5.56 Å². The van der Waals surface area contributed by atoms with E-state index < -0.39 is 0 Å². The van der Waals surface area contributed by atoms with Gasteiger partial charge in [0.1, 0.15) is 5.75 Å². The zero-order valence-electron chi connectivity index (χ0n) is 10.6. The summed E-state index contributed by atoms with van der Waals surface area (Å²) in [6.07, 6.45) is 3.05. The minimum atomic E-state index is 0.243. The van der Waals surface area contributed by atoms with Crippen molar-refractivity contribution in [1.29, 1.82) is 0 Å². The fraction of sp³-hybridized carbons (Fsp3) is 0.571. The number of ether oxygens (including phenoxy) is 1. The smallest absolute Gasteiger partial charge is 0.119 e. The van der Waals surface area contributed by atoms with Crippen LogP contribution in [0.15, 0.2) is 24.3 Å². The molecule has 17 heavy (non-hydrogen) atoms. The van der Waals surface area contributed by atoms with E-state index >= 15 is 0 Å². The molecule has 0 unspecified atom stereocenters. The van der Waals surface area contributed by atoms with Crippen molar-refractivity contribution in [1.82, 2.24) is 5.32 Å². The quantitative estimate of drug-likeness (QED) is 0.648. The Labute approximate surface area is 104 Å². The molecule has 1 aromatic carbocycles. The fourth-order valence-electron chi connectivity index (χ4n) is 1.52. The molecule has 1 rings (SSSR count). The Morgan fingerprint density at radius 2 is 2.18 bits per heavy atom. The van der Waals surface area contributed by atoms with E-state index in [0.29, 0.717) is 0 Å². The molecule has 0 saturated heterocycles. The molecular weight excluding hydrogens is 214 g/mol. The molecule has 3 heteroatoms. The van der Waals surface area contributed by atoms with Crippen LogP contribution < -0.4 is 10.1 Å². The first-order valence-corrected chi connectivity index (χ1v) is 6.40. The summed E-state index contributed by atoms with van der Waals surface area (Å²) in [5, 5.41) is 11.9. The number of aliphatic hydroxyl groups is 1. The lowest BCUT2D eigenvalue weighted by Gasteiger charge is -2.08. The third kappa shape index (κ3) is 6.29. The van der Waals surface area contributed by atoms with Crippen LogP contribution in [0.2, 0.25) is 0 Å². The van der Waals surface area contributed by atoms with Crippen LogP contribution in [0.5, 0.6) is 5.75 Å². The Morgan fingerprint density at radius 1 is 1.29 bits per heavy atom. The molecule has 0 radical (unpaired) electrons. The van der Waals surface area contributed by atoms with Gasteiger partial charge >= 0.3 is 0 Å². The summed E-state index contributed by atoms with van der Waals surface area (Å²) in [6, 6.07) is 8.16. The lowest BCUT2D eigenvalue weighted by Crippen LogP contribution is -2.15. The Morgan fingerprint density at radius 3 is 2.94 bits per heavy atom. The van der Waals surface area contributed by atoms with Gasteiger partial charge in [0.2, 0.25) is 0 Å². The Kier molecular flexibility index (Phi) is 7.43. The Bertz CT molecular complexity index is 302. The number of nitrogens with one attached hydrogen (secondary N) is 1. The van der Waals surface area contributed by atoms with Crippen LogP contribution in [0.3, 0.4) is 0 Å². The van der Waals surface area contributed by atoms with Gasteiger partial charge in [-0.15, -0.1) is 0 Å². The first-order chi connectivity index (χ1) is 8.36. The number of rotatable bonds is 9. The molecule has 0 heterocycles. The molecule has 0 aliphatic rings. The van der Waals surface area contributed by atoms with Crippen LogP contribution in [0.4, 0.5) is 0 Å². The molecule has 0 atom stereocenters. The summed E-state index contributed by atoms with van der Waals surface area (Å²) < 4.78 is 5.65. The van der Waals surface area contributed by atoms with E-state index in [1.807, 2.05) is 12.1 Å². The second kappa shape index (κ2) is 9.02. The number of hydrogen-bond acceptors (Lipinski definition) is 3. The molecule has 1 aromatic rings. The summed E-state index contributed by atoms with van der Waals surface area (Å²) in [7, 11) is 0. The van der Waals surface area contributed by atoms with Crippen LogP contribution in [-0.2, 0) is 6.54 Å². The molecule has 0 aliphatic heterocycles. The van der Waals surface area contributed by atoms with Crippen molar-refractivity contribution in [3.63, 3.8) is 0 Å². The highest BCUT2D eigenvalue weighted by molar-refractivity contribution is 5.28. The average molecular weight is 237 g/mol. The van der Waals surface area contributed by atoms with Gasteiger partial charge in [-0.2, -0.15) is 0 Å². The second-order valence-corrected chi connectivity index (χ2v) is 4.10. The first-order valence-electron chi connectivity index (χ1n) is 6.40. The van der Waals surface area contributed by atoms with Crippen LogP contribution in [-0.4, -0.2) is 24.9 Å². The zero-order valence-corrected chi connectivity index (χ0v) is 10.6. The van der Waals surface area contributed by atoms with E-state index in [-0.39, 0.29) is 6.61 Å². The van der Waals surface area contributed by atoms with Crippen molar-refractivity contribution in [2.45, 2.75) is 32.7 Å². The molecular formula is C14H23NO2. The van der Waals surface area contributed by atoms with Crippen molar-refractivity contribution in [3.05, 3.63) is 29.8 Å². The third-order valence-electron chi connectivity index (χ3n) is 2.51. The largest absolute Gasteiger partial charge is 0.494 e. The first kappa shape index (κ1) is 14.0. The Hall–Kier alpha value is -1.06. The highest BCUT2D eigenvalue weighted by Gasteiger charge is 1.96. The monoisotopic (exact) mass is 237 g/mol. The lowest BCUT2D eigenvalue weighted by molar-refractivity contribution is 0.286. The van der Waals surface area contributed by atoms with Crippen molar-refractivity contribution >= 4 is 0 Å². The number of aliphatic hydroxyl groups excluding tert-OH is 1.